The summed E-state index contributed by atoms with van der Waals surface area (Å²) in [5.74, 6) is 0.315. The van der Waals surface area contributed by atoms with E-state index >= 15 is 0 Å². The van der Waals surface area contributed by atoms with Gasteiger partial charge >= 0.3 is 0 Å². The van der Waals surface area contributed by atoms with Gasteiger partial charge in [-0.15, -0.1) is 11.6 Å². The summed E-state index contributed by atoms with van der Waals surface area (Å²) in [7, 11) is -1.75. The third kappa shape index (κ3) is 3.03. The van der Waals surface area contributed by atoms with E-state index < -0.39 is 10.0 Å². The zero-order valence-electron chi connectivity index (χ0n) is 11.9. The molecule has 0 atom stereocenters. The monoisotopic (exact) mass is 320 g/mol. The van der Waals surface area contributed by atoms with Gasteiger partial charge in [0.1, 0.15) is 4.90 Å². The average Bonchev–Trinajstić information content (AvgIpc) is 2.91. The van der Waals surface area contributed by atoms with E-state index in [2.05, 4.69) is 0 Å². The van der Waals surface area contributed by atoms with E-state index in [9.17, 15) is 8.42 Å². The summed E-state index contributed by atoms with van der Waals surface area (Å²) < 4.78 is 33.9. The lowest BCUT2D eigenvalue weighted by Gasteiger charge is -2.30. The Labute approximate surface area is 125 Å². The first-order valence-electron chi connectivity index (χ1n) is 6.80. The minimum absolute atomic E-state index is 0.167. The van der Waals surface area contributed by atoms with Crippen LogP contribution < -0.4 is 0 Å². The Bertz CT molecular complexity index is 526. The number of sulfonamides is 1. The minimum atomic E-state index is -3.42. The van der Waals surface area contributed by atoms with Crippen LogP contribution in [0, 0.1) is 0 Å². The van der Waals surface area contributed by atoms with E-state index in [0.717, 1.165) is 18.5 Å². The van der Waals surface area contributed by atoms with Gasteiger partial charge in [0.05, 0.1) is 12.0 Å². The second-order valence-electron chi connectivity index (χ2n) is 4.93. The Morgan fingerprint density at radius 3 is 2.50 bits per heavy atom. The topological polar surface area (TPSA) is 51.5 Å². The number of nitrogens with zero attached hydrogens (tertiary/aromatic N) is 2. The lowest BCUT2D eigenvalue weighted by atomic mass is 10.1. The summed E-state index contributed by atoms with van der Waals surface area (Å²) in [5.41, 5.74) is 0.833. The predicted molar refractivity (Wildman–Crippen MR) is 78.5 cm³/mol. The third-order valence-electron chi connectivity index (χ3n) is 3.81. The molecular weight excluding hydrogens is 300 g/mol. The number of halogens is 1. The number of hydrogen-bond acceptors (Lipinski definition) is 3. The molecule has 114 valence electrons. The molecule has 0 radical (unpaired) electrons. The van der Waals surface area contributed by atoms with Crippen molar-refractivity contribution < 1.29 is 13.2 Å². The fraction of sp³-hybridized carbons (Fsp3) is 0.692. The summed E-state index contributed by atoms with van der Waals surface area (Å²) in [6.07, 6.45) is 3.33. The highest BCUT2D eigenvalue weighted by atomic mass is 35.5. The minimum Gasteiger partial charge on any atom is -0.381 e. The first-order chi connectivity index (χ1) is 9.52. The maximum absolute atomic E-state index is 12.6. The van der Waals surface area contributed by atoms with Crippen LogP contribution >= 0.6 is 11.6 Å². The van der Waals surface area contributed by atoms with Crippen LogP contribution in [0.1, 0.15) is 25.5 Å². The molecule has 0 saturated carbocycles. The third-order valence-corrected chi connectivity index (χ3v) is 5.95. The molecule has 0 aromatic carbocycles. The van der Waals surface area contributed by atoms with Crippen LogP contribution in [-0.4, -0.2) is 43.6 Å². The van der Waals surface area contributed by atoms with Gasteiger partial charge < -0.3 is 9.30 Å². The van der Waals surface area contributed by atoms with Crippen molar-refractivity contribution in [2.24, 2.45) is 0 Å². The zero-order chi connectivity index (χ0) is 14.8. The highest BCUT2D eigenvalue weighted by Crippen LogP contribution is 2.24. The van der Waals surface area contributed by atoms with Crippen molar-refractivity contribution in [1.29, 1.82) is 0 Å². The van der Waals surface area contributed by atoms with E-state index in [0.29, 0.717) is 30.4 Å². The molecule has 0 aliphatic carbocycles. The van der Waals surface area contributed by atoms with E-state index in [1.807, 2.05) is 11.5 Å². The molecule has 1 saturated heterocycles. The second-order valence-corrected chi connectivity index (χ2v) is 7.13. The summed E-state index contributed by atoms with van der Waals surface area (Å²) in [5, 5.41) is 0. The Hall–Kier alpha value is -0.560. The molecule has 1 aliphatic heterocycles. The summed E-state index contributed by atoms with van der Waals surface area (Å²) >= 11 is 5.85. The Balaban J connectivity index is 2.20. The summed E-state index contributed by atoms with van der Waals surface area (Å²) in [6.45, 7) is 3.70. The molecule has 0 N–H and O–H groups in total. The highest BCUT2D eigenvalue weighted by Gasteiger charge is 2.30. The fourth-order valence-electron chi connectivity index (χ4n) is 2.53. The van der Waals surface area contributed by atoms with Crippen molar-refractivity contribution in [3.63, 3.8) is 0 Å². The van der Waals surface area contributed by atoms with Gasteiger partial charge in [0.2, 0.25) is 10.0 Å². The molecular formula is C13H21ClN2O3S. The first kappa shape index (κ1) is 15.8. The number of aryl methyl sites for hydroxylation is 1. The fourth-order valence-corrected chi connectivity index (χ4v) is 4.29. The number of methoxy groups -OCH3 is 1. The van der Waals surface area contributed by atoms with Crippen molar-refractivity contribution >= 4 is 21.6 Å². The van der Waals surface area contributed by atoms with Crippen LogP contribution in [-0.2, 0) is 27.2 Å². The van der Waals surface area contributed by atoms with Gasteiger partial charge in [-0.2, -0.15) is 4.31 Å². The Morgan fingerprint density at radius 1 is 1.40 bits per heavy atom. The van der Waals surface area contributed by atoms with Gasteiger partial charge in [-0.3, -0.25) is 0 Å². The number of piperidine rings is 1. The molecule has 20 heavy (non-hydrogen) atoms. The number of hydrogen-bond donors (Lipinski definition) is 0. The lowest BCUT2D eigenvalue weighted by molar-refractivity contribution is 0.0604. The summed E-state index contributed by atoms with van der Waals surface area (Å²) in [6, 6.07) is 1.67. The molecule has 0 spiro atoms. The summed E-state index contributed by atoms with van der Waals surface area (Å²) in [4.78, 5) is 0.339. The Kier molecular flexibility index (Phi) is 5.12. The number of alkyl halides is 1. The standard InChI is InChI=1S/C13H21ClN2O3S/c1-3-15-10-13(8-11(15)9-14)20(17,18)16-6-4-12(19-2)5-7-16/h8,10,12H,3-7,9H2,1-2H3. The molecule has 2 heterocycles. The van der Waals surface area contributed by atoms with Crippen LogP contribution in [0.3, 0.4) is 0 Å². The van der Waals surface area contributed by atoms with Gasteiger partial charge in [0, 0.05) is 38.6 Å². The maximum atomic E-state index is 12.6. The number of aromatic nitrogens is 1. The molecule has 0 bridgehead atoms. The molecule has 2 rings (SSSR count). The molecule has 1 aromatic rings. The van der Waals surface area contributed by atoms with Crippen LogP contribution in [0.4, 0.5) is 0 Å². The van der Waals surface area contributed by atoms with E-state index in [1.165, 1.54) is 4.31 Å². The number of ether oxygens (including phenoxy) is 1. The normalized spacial score (nSPS) is 18.6. The lowest BCUT2D eigenvalue weighted by Crippen LogP contribution is -2.40. The molecule has 7 heteroatoms. The van der Waals surface area contributed by atoms with Gasteiger partial charge in [-0.25, -0.2) is 8.42 Å². The maximum Gasteiger partial charge on any atom is 0.244 e. The Morgan fingerprint density at radius 2 is 2.05 bits per heavy atom. The average molecular weight is 321 g/mol. The highest BCUT2D eigenvalue weighted by molar-refractivity contribution is 7.89. The predicted octanol–water partition coefficient (Wildman–Crippen LogP) is 2.05. The molecule has 1 aromatic heterocycles. The number of rotatable bonds is 5. The largest absolute Gasteiger partial charge is 0.381 e. The van der Waals surface area contributed by atoms with Crippen LogP contribution in [0.15, 0.2) is 17.2 Å². The van der Waals surface area contributed by atoms with Crippen molar-refractivity contribution in [3.05, 3.63) is 18.0 Å². The van der Waals surface area contributed by atoms with Crippen molar-refractivity contribution in [2.45, 2.75) is 43.2 Å². The van der Waals surface area contributed by atoms with Crippen LogP contribution in [0.2, 0.25) is 0 Å². The van der Waals surface area contributed by atoms with E-state index in [1.54, 1.807) is 19.4 Å². The smallest absolute Gasteiger partial charge is 0.244 e. The molecule has 0 unspecified atom stereocenters. The quantitative estimate of drug-likeness (QED) is 0.780. The zero-order valence-corrected chi connectivity index (χ0v) is 13.5. The molecule has 1 aliphatic rings. The van der Waals surface area contributed by atoms with Gasteiger partial charge in [0.25, 0.3) is 0 Å². The SMILES string of the molecule is CCn1cc(S(=O)(=O)N2CCC(OC)CC2)cc1CCl. The van der Waals surface area contributed by atoms with Crippen molar-refractivity contribution in [3.8, 4) is 0 Å². The van der Waals surface area contributed by atoms with E-state index in [4.69, 9.17) is 16.3 Å². The van der Waals surface area contributed by atoms with E-state index in [-0.39, 0.29) is 6.10 Å². The van der Waals surface area contributed by atoms with Crippen molar-refractivity contribution in [2.75, 3.05) is 20.2 Å². The van der Waals surface area contributed by atoms with Crippen molar-refractivity contribution in [1.82, 2.24) is 8.87 Å². The second kappa shape index (κ2) is 6.47. The van der Waals surface area contributed by atoms with Gasteiger partial charge in [-0.05, 0) is 25.8 Å². The molecule has 5 nitrogen and oxygen atoms in total. The van der Waals surface area contributed by atoms with Crippen LogP contribution in [0.25, 0.3) is 0 Å². The van der Waals surface area contributed by atoms with Crippen LogP contribution in [0.5, 0.6) is 0 Å². The first-order valence-corrected chi connectivity index (χ1v) is 8.78. The molecule has 0 amide bonds. The van der Waals surface area contributed by atoms with Gasteiger partial charge in [-0.1, -0.05) is 0 Å². The molecule has 1 fully saturated rings. The van der Waals surface area contributed by atoms with Gasteiger partial charge in [0.15, 0.2) is 0 Å².